The number of benzene rings is 2. The Kier molecular flexibility index (Phi) is 14.6. The molecule has 4 aromatic rings. The van der Waals surface area contributed by atoms with Crippen molar-refractivity contribution in [1.29, 1.82) is 0 Å². The van der Waals surface area contributed by atoms with Crippen molar-refractivity contribution in [2.24, 2.45) is 11.3 Å². The number of carbonyl (C=O) groups is 2. The monoisotopic (exact) mass is 1080 g/mol. The van der Waals surface area contributed by atoms with Crippen molar-refractivity contribution in [3.8, 4) is 5.75 Å². The molecule has 1 unspecified atom stereocenters. The van der Waals surface area contributed by atoms with Gasteiger partial charge in [0.15, 0.2) is 33.2 Å². The first-order chi connectivity index (χ1) is 35.7. The topological polar surface area (TPSA) is 174 Å². The third-order valence-electron chi connectivity index (χ3n) is 18.9. The number of unbranched alkanes of at least 4 members (excludes halogenated alkanes) is 1. The molecule has 406 valence electrons. The van der Waals surface area contributed by atoms with Crippen LogP contribution in [-0.4, -0.2) is 157 Å². The Balaban J connectivity index is 1.03. The molecule has 10 atom stereocenters. The number of methoxy groups -OCH3 is 2. The number of ether oxygens (including phenoxy) is 2. The Hall–Kier alpha value is -3.92. The lowest BCUT2D eigenvalue weighted by atomic mass is 9.47. The number of nitrogens with zero attached hydrogens (tertiary/aromatic N) is 5. The normalized spacial score (nSPS) is 32.2. The second-order valence-electron chi connectivity index (χ2n) is 24.4. The number of H-pyrrole nitrogens is 1. The predicted molar refractivity (Wildman–Crippen MR) is 301 cm³/mol. The zero-order valence-corrected chi connectivity index (χ0v) is 48.9. The van der Waals surface area contributed by atoms with E-state index in [0.717, 1.165) is 81.5 Å². The van der Waals surface area contributed by atoms with Crippen molar-refractivity contribution in [1.82, 2.24) is 24.8 Å². The van der Waals surface area contributed by atoms with Crippen LogP contribution in [0.15, 0.2) is 66.1 Å². The molecule has 7 heterocycles. The Morgan fingerprint density at radius 2 is 1.71 bits per heavy atom. The van der Waals surface area contributed by atoms with E-state index in [1.165, 1.54) is 7.11 Å². The summed E-state index contributed by atoms with van der Waals surface area (Å²) in [6.45, 7) is 18.7. The highest BCUT2D eigenvalue weighted by Crippen LogP contribution is 2.68. The number of aryl methyl sites for hydroxylation is 1. The molecule has 75 heavy (non-hydrogen) atoms. The third-order valence-corrected chi connectivity index (χ3v) is 28.7. The number of hydrogen-bond acceptors (Lipinski definition) is 14. The first kappa shape index (κ1) is 54.4. The lowest BCUT2D eigenvalue weighted by Crippen LogP contribution is -2.80. The van der Waals surface area contributed by atoms with Crippen LogP contribution in [0.5, 0.6) is 5.75 Å². The number of carbonyl (C=O) groups excluding carboxylic acids is 2. The van der Waals surface area contributed by atoms with E-state index in [4.69, 9.17) is 13.6 Å². The average Bonchev–Trinajstić information content (AvgIpc) is 4.25. The minimum absolute atomic E-state index is 0.0891. The number of nitrogens with one attached hydrogen (secondary N) is 1. The number of rotatable bonds is 17. The highest BCUT2D eigenvalue weighted by atomic mass is 32.2. The predicted octanol–water partition coefficient (Wildman–Crippen LogP) is 8.10. The summed E-state index contributed by atoms with van der Waals surface area (Å²) in [6, 6.07) is 12.2. The number of likely N-dealkylation sites (N-methyl/N-ethyl adjacent to an activating group) is 1. The molecule has 6 aliphatic rings. The van der Waals surface area contributed by atoms with Crippen molar-refractivity contribution in [2.75, 3.05) is 64.3 Å². The maximum absolute atomic E-state index is 15.6. The lowest BCUT2D eigenvalue weighted by Gasteiger charge is -2.63. The Morgan fingerprint density at radius 3 is 2.41 bits per heavy atom. The van der Waals surface area contributed by atoms with Gasteiger partial charge in [0, 0.05) is 108 Å². The number of aliphatic hydroxyl groups excluding tert-OH is 1. The van der Waals surface area contributed by atoms with Crippen LogP contribution in [0.4, 0.5) is 5.69 Å². The quantitative estimate of drug-likeness (QED) is 0.0200. The number of fused-ring (bicyclic) bond motifs is 6. The van der Waals surface area contributed by atoms with Crippen LogP contribution in [0, 0.1) is 11.3 Å². The number of thioether (sulfide) groups is 1. The SMILES string of the molecule is CCc1cnc(SC[Si](C)(C)O[Si](C)(C)CCCCC(=O)[C@@]2(O)[C@H](O)[C@]3(CC)C=CCN4CC[C@@]5(c6cc([C@@]7(C(=O)OC)C[C@H]8CN(CCc9c7[nH]c7ccccc97)C[C@](O)(CC)C8)c(OC)cc6N(C)[C@@H]25)[C@@H]43)nc1. The van der Waals surface area contributed by atoms with Crippen molar-refractivity contribution in [3.63, 3.8) is 0 Å². The molecule has 3 fully saturated rings. The van der Waals surface area contributed by atoms with Crippen molar-refractivity contribution in [2.45, 2.75) is 163 Å². The summed E-state index contributed by atoms with van der Waals surface area (Å²) >= 11 is 1.66. The minimum Gasteiger partial charge on any atom is -0.496 e. The largest absolute Gasteiger partial charge is 0.496 e. The van der Waals surface area contributed by atoms with Gasteiger partial charge in [0.25, 0.3) is 0 Å². The number of piperidine rings is 1. The molecule has 5 aliphatic heterocycles. The Labute approximate surface area is 450 Å². The number of aromatic nitrogens is 3. The second-order valence-corrected chi connectivity index (χ2v) is 34.6. The molecular weight excluding hydrogens is 997 g/mol. The molecule has 2 bridgehead atoms. The molecule has 14 nitrogen and oxygen atoms in total. The number of anilines is 1. The number of hydrogen-bond donors (Lipinski definition) is 4. The molecule has 4 N–H and O–H groups in total. The fourth-order valence-corrected chi connectivity index (χ4v) is 26.2. The van der Waals surface area contributed by atoms with Gasteiger partial charge >= 0.3 is 5.97 Å². The van der Waals surface area contributed by atoms with Gasteiger partial charge in [0.1, 0.15) is 17.3 Å². The third kappa shape index (κ3) is 8.80. The zero-order valence-electron chi connectivity index (χ0n) is 46.1. The fourth-order valence-electron chi connectivity index (χ4n) is 15.8. The first-order valence-electron chi connectivity index (χ1n) is 27.8. The summed E-state index contributed by atoms with van der Waals surface area (Å²) in [5, 5.41) is 41.7. The van der Waals surface area contributed by atoms with Crippen LogP contribution in [0.25, 0.3) is 10.9 Å². The lowest BCUT2D eigenvalue weighted by molar-refractivity contribution is -0.202. The number of esters is 1. The molecular formula is C58H82N6O8SSi2. The molecule has 0 amide bonds. The van der Waals surface area contributed by atoms with Crippen molar-refractivity contribution >= 4 is 56.7 Å². The van der Waals surface area contributed by atoms with E-state index >= 15 is 9.59 Å². The van der Waals surface area contributed by atoms with Crippen LogP contribution in [0.3, 0.4) is 0 Å². The van der Waals surface area contributed by atoms with Crippen molar-refractivity contribution < 1.29 is 38.5 Å². The number of aromatic amines is 1. The van der Waals surface area contributed by atoms with E-state index in [9.17, 15) is 15.3 Å². The van der Waals surface area contributed by atoms with Gasteiger partial charge in [0.05, 0.1) is 25.9 Å². The Bertz CT molecular complexity index is 2850. The maximum atomic E-state index is 15.6. The average molecular weight is 1080 g/mol. The molecule has 17 heteroatoms. The standard InChI is InChI=1S/C58H82N6O8SSi2/c1-11-38-33-59-53(60-34-38)73-37-75(9,10)72-74(7,8)28-17-16-21-47(65)58(69)50-56(24-27-64-25-18-23-55(13-3,49(56)64)51(58)66)42-29-43(46(70-5)30-45(42)62(50)4)57(52(67)71-6)32-39-31-54(68,12-2)36-63(35-39)26-22-41-40-19-14-15-20-44(40)61-48(41)57/h14-15,18-20,23,29-30,33-34,39,49-51,61,66,68-69H,11-13,16-17,21-22,24-28,31-32,35-37H2,1-10H3/t39-,49-,50+,51+,54-,55+,56+,57-,58-/m0/s1. The van der Waals surface area contributed by atoms with Crippen LogP contribution in [-0.2, 0) is 42.1 Å². The summed E-state index contributed by atoms with van der Waals surface area (Å²) < 4.78 is 19.6. The van der Waals surface area contributed by atoms with Gasteiger partial charge in [-0.25, -0.2) is 9.97 Å². The van der Waals surface area contributed by atoms with Gasteiger partial charge in [-0.1, -0.05) is 69.3 Å². The van der Waals surface area contributed by atoms with Crippen LogP contribution < -0.4 is 9.64 Å². The van der Waals surface area contributed by atoms with Gasteiger partial charge in [-0.05, 0) is 125 Å². The first-order valence-corrected chi connectivity index (χ1v) is 35.0. The molecule has 1 spiro atoms. The van der Waals surface area contributed by atoms with Crippen LogP contribution >= 0.6 is 11.8 Å². The summed E-state index contributed by atoms with van der Waals surface area (Å²) in [5.74, 6) is -0.347. The fraction of sp³-hybridized carbons (Fsp3) is 0.621. The number of para-hydroxylation sites is 1. The second kappa shape index (κ2) is 20.1. The molecule has 1 aliphatic carbocycles. The van der Waals surface area contributed by atoms with Gasteiger partial charge in [-0.15, -0.1) is 0 Å². The minimum atomic E-state index is -2.17. The van der Waals surface area contributed by atoms with Crippen LogP contribution in [0.2, 0.25) is 32.2 Å². The molecule has 2 saturated heterocycles. The van der Waals surface area contributed by atoms with E-state index < -0.39 is 62.2 Å². The maximum Gasteiger partial charge on any atom is 0.322 e. The highest BCUT2D eigenvalue weighted by molar-refractivity contribution is 8.00. The molecule has 1 saturated carbocycles. The van der Waals surface area contributed by atoms with E-state index in [1.807, 2.05) is 44.6 Å². The van der Waals surface area contributed by atoms with Gasteiger partial charge in [-0.3, -0.25) is 19.4 Å². The number of aliphatic hydroxyl groups is 3. The van der Waals surface area contributed by atoms with Gasteiger partial charge in [-0.2, -0.15) is 0 Å². The van der Waals surface area contributed by atoms with E-state index in [2.05, 4.69) is 100 Å². The van der Waals surface area contributed by atoms with Gasteiger partial charge < -0.3 is 38.8 Å². The van der Waals surface area contributed by atoms with Crippen LogP contribution in [0.1, 0.15) is 100 Å². The molecule has 2 aromatic carbocycles. The zero-order chi connectivity index (χ0) is 53.5. The summed E-state index contributed by atoms with van der Waals surface area (Å²) in [4.78, 5) is 50.9. The molecule has 2 aromatic heterocycles. The molecule has 10 rings (SSSR count). The highest BCUT2D eigenvalue weighted by Gasteiger charge is 2.78. The van der Waals surface area contributed by atoms with Crippen molar-refractivity contribution in [3.05, 3.63) is 88.9 Å². The number of ketones is 1. The summed E-state index contributed by atoms with van der Waals surface area (Å²) in [7, 11) is 0.790. The van der Waals surface area contributed by atoms with E-state index in [0.29, 0.717) is 75.9 Å². The smallest absolute Gasteiger partial charge is 0.322 e. The molecule has 0 radical (unpaired) electrons. The van der Waals surface area contributed by atoms with E-state index in [-0.39, 0.29) is 24.2 Å². The Morgan fingerprint density at radius 1 is 0.947 bits per heavy atom. The van der Waals surface area contributed by atoms with Gasteiger partial charge in [0.2, 0.25) is 0 Å². The summed E-state index contributed by atoms with van der Waals surface area (Å²) in [6.07, 6.45) is 12.2. The number of Topliss-reactive ketones (excluding diaryl/α,β-unsaturated/α-hetero) is 1. The van der Waals surface area contributed by atoms with E-state index in [1.54, 1.807) is 18.9 Å². The summed E-state index contributed by atoms with van der Waals surface area (Å²) in [5.41, 5.74) is -0.0133.